The summed E-state index contributed by atoms with van der Waals surface area (Å²) in [6.07, 6.45) is 1.83. The molecule has 3 heterocycles. The van der Waals surface area contributed by atoms with E-state index in [-0.39, 0.29) is 48.3 Å². The second kappa shape index (κ2) is 14.8. The first kappa shape index (κ1) is 40.8. The smallest absolute Gasteiger partial charge is 0.507 e. The van der Waals surface area contributed by atoms with Crippen LogP contribution in [0, 0.1) is 19.0 Å². The van der Waals surface area contributed by atoms with Crippen LogP contribution in [0.15, 0.2) is 102 Å². The van der Waals surface area contributed by atoms with Crippen molar-refractivity contribution >= 4 is 27.7 Å². The maximum absolute atomic E-state index is 8.18. The van der Waals surface area contributed by atoms with Gasteiger partial charge >= 0.3 is 21.1 Å². The number of aliphatic imine (C=N–C) groups is 1. The molecule has 0 radical (unpaired) electrons. The summed E-state index contributed by atoms with van der Waals surface area (Å²) in [7, 11) is 0. The Labute approximate surface area is 393 Å². The Hall–Kier alpha value is -4.99. The molecule has 0 spiro atoms. The van der Waals surface area contributed by atoms with Gasteiger partial charge in [0, 0.05) is 32.9 Å². The minimum Gasteiger partial charge on any atom is -0.507 e. The molecule has 0 fully saturated rings. The third kappa shape index (κ3) is 7.47. The number of aryl methyl sites for hydroxylation is 1. The molecule has 0 unspecified atom stereocenters. The van der Waals surface area contributed by atoms with Gasteiger partial charge in [0.15, 0.2) is 0 Å². The number of rotatable bonds is 4. The van der Waals surface area contributed by atoms with E-state index in [4.69, 9.17) is 23.6 Å². The van der Waals surface area contributed by atoms with E-state index in [2.05, 4.69) is 158 Å². The van der Waals surface area contributed by atoms with Crippen molar-refractivity contribution < 1.29 is 34.7 Å². The second-order valence-electron chi connectivity index (χ2n) is 21.9. The van der Waals surface area contributed by atoms with Crippen molar-refractivity contribution in [3.8, 4) is 28.4 Å². The predicted octanol–water partition coefficient (Wildman–Crippen LogP) is 14.7. The van der Waals surface area contributed by atoms with Crippen molar-refractivity contribution in [3.63, 3.8) is 0 Å². The number of pyridine rings is 1. The van der Waals surface area contributed by atoms with Crippen LogP contribution in [-0.4, -0.2) is 15.4 Å². The van der Waals surface area contributed by atoms with Crippen molar-refractivity contribution in [1.29, 1.82) is 0 Å². The third-order valence-electron chi connectivity index (χ3n) is 13.3. The van der Waals surface area contributed by atoms with Gasteiger partial charge in [-0.05, 0) is 99.3 Å². The van der Waals surface area contributed by atoms with Gasteiger partial charge in [0.1, 0.15) is 22.9 Å². The van der Waals surface area contributed by atoms with E-state index in [1.807, 2.05) is 41.1 Å². The van der Waals surface area contributed by atoms with Gasteiger partial charge in [0.2, 0.25) is 0 Å². The average molecular weight is 1020 g/mol. The number of hydrogen-bond donors (Lipinski definition) is 0. The molecule has 0 amide bonds. The van der Waals surface area contributed by atoms with Crippen LogP contribution in [-0.2, 0) is 58.6 Å². The Bertz CT molecular complexity index is 3120. The first-order valence-corrected chi connectivity index (χ1v) is 21.9. The molecular formula is C57H61N3O2Pt. The van der Waals surface area contributed by atoms with Gasteiger partial charge in [0.05, 0.1) is 0 Å². The molecular weight excluding hydrogens is 954 g/mol. The molecule has 2 aromatic heterocycles. The molecule has 9 rings (SSSR count). The Morgan fingerprint density at radius 2 is 1.24 bits per heavy atom. The van der Waals surface area contributed by atoms with Crippen LogP contribution in [0.5, 0.6) is 11.5 Å². The Kier molecular flexibility index (Phi) is 9.56. The minimum atomic E-state index is -2.26. The summed E-state index contributed by atoms with van der Waals surface area (Å²) in [5, 5.41) is 1.65. The third-order valence-corrected chi connectivity index (χ3v) is 13.3. The van der Waals surface area contributed by atoms with Crippen LogP contribution in [0.2, 0.25) is 0 Å². The van der Waals surface area contributed by atoms with Gasteiger partial charge in [-0.2, -0.15) is 6.07 Å². The average Bonchev–Trinajstić information content (AvgIpc) is 3.70. The summed E-state index contributed by atoms with van der Waals surface area (Å²) in [5.41, 5.74) is 9.87. The van der Waals surface area contributed by atoms with E-state index in [1.54, 1.807) is 12.1 Å². The fourth-order valence-electron chi connectivity index (χ4n) is 9.18. The molecule has 2 atom stereocenters. The van der Waals surface area contributed by atoms with E-state index in [1.165, 1.54) is 22.3 Å². The second-order valence-corrected chi connectivity index (χ2v) is 21.9. The van der Waals surface area contributed by atoms with Crippen molar-refractivity contribution in [2.24, 2.45) is 4.99 Å². The van der Waals surface area contributed by atoms with Crippen molar-refractivity contribution in [2.45, 2.75) is 137 Å². The molecule has 5 nitrogen and oxygen atoms in total. The standard InChI is InChI=1S/C57H61N3O2.Pt/c1-34-16-23-48-45(26-34)42-20-19-40(33-49(42)60(48)50-32-38(24-25-58-50)54(8,9)10)61-41-28-35(27-39(29-41)55(11,12)13)51-59-56(14)46-21-17-36(52(2,3)4)30-43(46)44-31-37(53(5,6)7)18-22-47(44)57(56,15)62-51;/h16-27,29-32H,1-15H3;/q-2;+2/t56-,57+;/m1./s1/i1D3;. The van der Waals surface area contributed by atoms with Crippen LogP contribution in [0.4, 0.5) is 0 Å². The molecule has 1 aliphatic heterocycles. The summed E-state index contributed by atoms with van der Waals surface area (Å²) in [6.45, 7) is 28.8. The van der Waals surface area contributed by atoms with Crippen LogP contribution in [0.25, 0.3) is 38.8 Å². The van der Waals surface area contributed by atoms with Crippen LogP contribution < -0.4 is 4.74 Å². The van der Waals surface area contributed by atoms with Crippen molar-refractivity contribution in [3.05, 3.63) is 154 Å². The monoisotopic (exact) mass is 1020 g/mol. The van der Waals surface area contributed by atoms with Gasteiger partial charge in [-0.1, -0.05) is 160 Å². The minimum absolute atomic E-state index is 0. The zero-order valence-corrected chi connectivity index (χ0v) is 41.5. The van der Waals surface area contributed by atoms with Gasteiger partial charge in [-0.15, -0.1) is 29.1 Å². The molecule has 1 aliphatic carbocycles. The SMILES string of the molecule is [2H]C([2H])([2H])c1ccc2c(c1)c1ccc(Oc3[c-]c(C4=N[C@]5(C)c6ccc(C(C)(C)C)cc6-c6cc(C(C)(C)C)ccc6[C@]5(C)O4)cc(C(C)(C)C)c3)[c-]c1n2-c1cc(C(C)(C)C)ccn1.[Pt+2]. The topological polar surface area (TPSA) is 48.6 Å². The zero-order valence-electron chi connectivity index (χ0n) is 42.2. The molecule has 326 valence electrons. The molecule has 6 heteroatoms. The first-order valence-electron chi connectivity index (χ1n) is 23.4. The Balaban J connectivity index is 0.00000592. The van der Waals surface area contributed by atoms with Crippen LogP contribution in [0.1, 0.15) is 146 Å². The fourth-order valence-corrected chi connectivity index (χ4v) is 9.18. The fraction of sp³-hybridized carbons (Fsp3) is 0.368. The number of aromatic nitrogens is 2. The van der Waals surface area contributed by atoms with Gasteiger partial charge in [0.25, 0.3) is 0 Å². The molecule has 0 saturated heterocycles. The zero-order chi connectivity index (χ0) is 47.0. The van der Waals surface area contributed by atoms with E-state index in [9.17, 15) is 0 Å². The van der Waals surface area contributed by atoms with Gasteiger partial charge in [-0.25, -0.2) is 4.98 Å². The van der Waals surface area contributed by atoms with E-state index in [0.717, 1.165) is 44.1 Å². The van der Waals surface area contributed by atoms with E-state index < -0.39 is 18.0 Å². The molecule has 2 aliphatic rings. The maximum atomic E-state index is 8.18. The van der Waals surface area contributed by atoms with Crippen LogP contribution >= 0.6 is 0 Å². The van der Waals surface area contributed by atoms with Gasteiger partial charge < -0.3 is 14.0 Å². The Morgan fingerprint density at radius 3 is 1.87 bits per heavy atom. The number of fused-ring (bicyclic) bond motifs is 9. The van der Waals surface area contributed by atoms with Crippen molar-refractivity contribution in [1.82, 2.24) is 9.55 Å². The molecule has 63 heavy (non-hydrogen) atoms. The van der Waals surface area contributed by atoms with Crippen molar-refractivity contribution in [2.75, 3.05) is 0 Å². The van der Waals surface area contributed by atoms with Gasteiger partial charge in [-0.3, -0.25) is 4.99 Å². The summed E-state index contributed by atoms with van der Waals surface area (Å²) in [4.78, 5) is 10.4. The quantitative estimate of drug-likeness (QED) is 0.165. The summed E-state index contributed by atoms with van der Waals surface area (Å²) >= 11 is 0. The summed E-state index contributed by atoms with van der Waals surface area (Å²) < 4.78 is 40.6. The number of nitrogens with zero attached hydrogens (tertiary/aromatic N) is 3. The van der Waals surface area contributed by atoms with E-state index >= 15 is 0 Å². The molecule has 0 N–H and O–H groups in total. The molecule has 5 aromatic carbocycles. The molecule has 7 aromatic rings. The normalized spacial score (nSPS) is 19.5. The predicted molar refractivity (Wildman–Crippen MR) is 257 cm³/mol. The largest absolute Gasteiger partial charge is 2.00 e. The number of ether oxygens (including phenoxy) is 2. The Morgan fingerprint density at radius 1 is 0.619 bits per heavy atom. The summed E-state index contributed by atoms with van der Waals surface area (Å²) in [6, 6.07) is 38.4. The number of hydrogen-bond acceptors (Lipinski definition) is 4. The maximum Gasteiger partial charge on any atom is 2.00 e. The first-order chi connectivity index (χ1) is 30.1. The molecule has 0 bridgehead atoms. The molecule has 0 saturated carbocycles. The van der Waals surface area contributed by atoms with Crippen LogP contribution in [0.3, 0.4) is 0 Å². The van der Waals surface area contributed by atoms with E-state index in [0.29, 0.717) is 28.8 Å². The number of benzene rings is 5. The summed E-state index contributed by atoms with van der Waals surface area (Å²) in [5.74, 6) is 2.21.